The van der Waals surface area contributed by atoms with E-state index in [4.69, 9.17) is 10.1 Å². The third kappa shape index (κ3) is 3.89. The van der Waals surface area contributed by atoms with Crippen molar-refractivity contribution in [1.82, 2.24) is 9.47 Å². The monoisotopic (exact) mass is 429 g/mol. The largest absolute Gasteiger partial charge is 0.416 e. The van der Waals surface area contributed by atoms with E-state index in [0.717, 1.165) is 56.1 Å². The van der Waals surface area contributed by atoms with Gasteiger partial charge in [-0.15, -0.1) is 24.8 Å². The lowest BCUT2D eigenvalue weighted by Crippen LogP contribution is -2.41. The second kappa shape index (κ2) is 8.06. The fourth-order valence-electron chi connectivity index (χ4n) is 3.68. The van der Waals surface area contributed by atoms with Gasteiger partial charge in [-0.1, -0.05) is 11.3 Å². The van der Waals surface area contributed by atoms with Crippen LogP contribution in [0.5, 0.6) is 0 Å². The zero-order valence-corrected chi connectivity index (χ0v) is 16.3. The molecule has 4 rings (SSSR count). The normalized spacial score (nSPS) is 20.5. The Labute approximate surface area is 165 Å². The average molecular weight is 430 g/mol. The van der Waals surface area contributed by atoms with Crippen molar-refractivity contribution in [3.63, 3.8) is 0 Å². The molecule has 0 amide bonds. The molecule has 1 unspecified atom stereocenters. The molecule has 0 radical (unpaired) electrons. The fraction of sp³-hybridized carbons (Fsp3) is 0.562. The maximum atomic E-state index is 13.1. The van der Waals surface area contributed by atoms with E-state index in [1.165, 1.54) is 12.1 Å². The van der Waals surface area contributed by atoms with Gasteiger partial charge in [0.25, 0.3) is 0 Å². The van der Waals surface area contributed by atoms with Crippen molar-refractivity contribution in [3.8, 4) is 0 Å². The molecule has 2 aromatic rings. The van der Waals surface area contributed by atoms with Crippen LogP contribution >= 0.6 is 36.2 Å². The summed E-state index contributed by atoms with van der Waals surface area (Å²) in [5.41, 5.74) is 0.931. The Morgan fingerprint density at radius 3 is 2.54 bits per heavy atom. The molecule has 2 aliphatic heterocycles. The summed E-state index contributed by atoms with van der Waals surface area (Å²) >= 11 is 1.14. The van der Waals surface area contributed by atoms with Gasteiger partial charge in [0.05, 0.1) is 29.0 Å². The van der Waals surface area contributed by atoms with Gasteiger partial charge < -0.3 is 9.30 Å². The molecule has 26 heavy (non-hydrogen) atoms. The number of aromatic nitrogens is 1. The number of aryl methyl sites for hydroxylation is 1. The Hall–Kier alpha value is -0.800. The fourth-order valence-corrected chi connectivity index (χ4v) is 4.74. The number of benzene rings is 1. The first-order chi connectivity index (χ1) is 11.4. The van der Waals surface area contributed by atoms with Crippen LogP contribution < -0.4 is 4.80 Å². The number of ether oxygens (including phenoxy) is 1. The van der Waals surface area contributed by atoms with E-state index in [-0.39, 0.29) is 30.9 Å². The second-order valence-electron chi connectivity index (χ2n) is 6.36. The van der Waals surface area contributed by atoms with Gasteiger partial charge in [-0.25, -0.2) is 0 Å². The van der Waals surface area contributed by atoms with Crippen LogP contribution in [0.4, 0.5) is 13.2 Å². The standard InChI is InChI=1S/C16H18F3N3OS.2ClH/c17-16(18,19)11-7-10-1-2-12(9-21-3-5-23-6-4-21)22-14(10)13(8-11)24-15(22)20;;/h7-8,12,20H,1-6,9H2;2*1H. The quantitative estimate of drug-likeness (QED) is 0.786. The topological polar surface area (TPSA) is 41.2 Å². The first-order valence-corrected chi connectivity index (χ1v) is 8.85. The van der Waals surface area contributed by atoms with Crippen molar-refractivity contribution < 1.29 is 17.9 Å². The summed E-state index contributed by atoms with van der Waals surface area (Å²) in [5.74, 6) is 0. The van der Waals surface area contributed by atoms with Crippen LogP contribution in [0.3, 0.4) is 0 Å². The van der Waals surface area contributed by atoms with E-state index >= 15 is 0 Å². The lowest BCUT2D eigenvalue weighted by Gasteiger charge is -2.33. The summed E-state index contributed by atoms with van der Waals surface area (Å²) in [6.07, 6.45) is -2.94. The van der Waals surface area contributed by atoms with Crippen LogP contribution in [0.1, 0.15) is 23.6 Å². The van der Waals surface area contributed by atoms with Crippen LogP contribution in [0.25, 0.3) is 10.2 Å². The van der Waals surface area contributed by atoms with Crippen molar-refractivity contribution >= 4 is 46.4 Å². The molecule has 2 aliphatic rings. The molecule has 4 nitrogen and oxygen atoms in total. The summed E-state index contributed by atoms with van der Waals surface area (Å²) in [5, 5.41) is 8.26. The molecule has 1 aromatic heterocycles. The van der Waals surface area contributed by atoms with Gasteiger partial charge in [-0.2, -0.15) is 13.2 Å². The van der Waals surface area contributed by atoms with Gasteiger partial charge in [0.1, 0.15) is 0 Å². The van der Waals surface area contributed by atoms with Crippen LogP contribution in [-0.4, -0.2) is 42.3 Å². The third-order valence-corrected chi connectivity index (χ3v) is 5.75. The predicted octanol–water partition coefficient (Wildman–Crippen LogP) is 3.86. The van der Waals surface area contributed by atoms with Gasteiger partial charge in [-0.3, -0.25) is 10.3 Å². The SMILES string of the molecule is Cl.Cl.N=c1sc2cc(C(F)(F)F)cc3c2n1C(CN1CCOCC1)CC3. The number of nitrogens with one attached hydrogen (secondary N) is 1. The molecule has 1 fully saturated rings. The van der Waals surface area contributed by atoms with Crippen LogP contribution in [-0.2, 0) is 17.3 Å². The molecule has 1 N–H and O–H groups in total. The number of hydrogen-bond acceptors (Lipinski definition) is 4. The average Bonchev–Trinajstić information content (AvgIpc) is 2.88. The maximum Gasteiger partial charge on any atom is 0.416 e. The lowest BCUT2D eigenvalue weighted by molar-refractivity contribution is -0.137. The van der Waals surface area contributed by atoms with Gasteiger partial charge in [0.15, 0.2) is 4.80 Å². The van der Waals surface area contributed by atoms with E-state index in [9.17, 15) is 13.2 Å². The van der Waals surface area contributed by atoms with E-state index in [2.05, 4.69) is 4.90 Å². The number of thiazole rings is 1. The highest BCUT2D eigenvalue weighted by molar-refractivity contribution is 7.16. The summed E-state index contributed by atoms with van der Waals surface area (Å²) in [4.78, 5) is 2.66. The first-order valence-electron chi connectivity index (χ1n) is 8.03. The van der Waals surface area contributed by atoms with Gasteiger partial charge in [0, 0.05) is 25.7 Å². The van der Waals surface area contributed by atoms with Gasteiger partial charge >= 0.3 is 6.18 Å². The zero-order chi connectivity index (χ0) is 16.9. The van der Waals surface area contributed by atoms with Gasteiger partial charge in [-0.05, 0) is 30.5 Å². The molecule has 0 saturated carbocycles. The smallest absolute Gasteiger partial charge is 0.379 e. The van der Waals surface area contributed by atoms with Crippen molar-refractivity contribution in [2.24, 2.45) is 0 Å². The highest BCUT2D eigenvalue weighted by Gasteiger charge is 2.34. The van der Waals surface area contributed by atoms with Crippen LogP contribution in [0.2, 0.25) is 0 Å². The molecular weight excluding hydrogens is 410 g/mol. The summed E-state index contributed by atoms with van der Waals surface area (Å²) in [6.45, 7) is 4.01. The van der Waals surface area contributed by atoms with Crippen molar-refractivity contribution in [3.05, 3.63) is 28.1 Å². The van der Waals surface area contributed by atoms with E-state index in [0.29, 0.717) is 21.5 Å². The number of rotatable bonds is 2. The highest BCUT2D eigenvalue weighted by Crippen LogP contribution is 2.38. The van der Waals surface area contributed by atoms with Crippen LogP contribution in [0.15, 0.2) is 12.1 Å². The van der Waals surface area contributed by atoms with Crippen molar-refractivity contribution in [2.45, 2.75) is 25.1 Å². The molecule has 3 heterocycles. The molecule has 0 spiro atoms. The molecule has 10 heteroatoms. The Morgan fingerprint density at radius 1 is 1.19 bits per heavy atom. The number of hydrogen-bond donors (Lipinski definition) is 1. The Kier molecular flexibility index (Phi) is 6.66. The van der Waals surface area contributed by atoms with E-state index in [1.807, 2.05) is 4.57 Å². The molecule has 1 atom stereocenters. The third-order valence-electron chi connectivity index (χ3n) is 4.83. The lowest BCUT2D eigenvalue weighted by atomic mass is 9.96. The number of nitrogens with zero attached hydrogens (tertiary/aromatic N) is 2. The molecule has 146 valence electrons. The first kappa shape index (κ1) is 21.5. The Bertz CT molecular complexity index is 830. The van der Waals surface area contributed by atoms with E-state index in [1.54, 1.807) is 0 Å². The van der Waals surface area contributed by atoms with Crippen LogP contribution in [0, 0.1) is 5.41 Å². The minimum absolute atomic E-state index is 0. The predicted molar refractivity (Wildman–Crippen MR) is 99.8 cm³/mol. The molecule has 1 saturated heterocycles. The number of morpholine rings is 1. The minimum Gasteiger partial charge on any atom is -0.379 e. The van der Waals surface area contributed by atoms with E-state index < -0.39 is 11.7 Å². The number of alkyl halides is 3. The zero-order valence-electron chi connectivity index (χ0n) is 13.8. The summed E-state index contributed by atoms with van der Waals surface area (Å²) < 4.78 is 47.1. The summed E-state index contributed by atoms with van der Waals surface area (Å²) in [6, 6.07) is 2.60. The van der Waals surface area contributed by atoms with Crippen molar-refractivity contribution in [1.29, 1.82) is 5.41 Å². The maximum absolute atomic E-state index is 13.1. The molecule has 0 bridgehead atoms. The summed E-state index contributed by atoms with van der Waals surface area (Å²) in [7, 11) is 0. The molecular formula is C16H20Cl2F3N3OS. The molecule has 0 aliphatic carbocycles. The number of halogens is 5. The Balaban J connectivity index is 0.00000121. The highest BCUT2D eigenvalue weighted by atomic mass is 35.5. The second-order valence-corrected chi connectivity index (χ2v) is 7.39. The minimum atomic E-state index is -4.34. The molecule has 1 aromatic carbocycles. The van der Waals surface area contributed by atoms with Crippen molar-refractivity contribution in [2.75, 3.05) is 32.8 Å². The van der Waals surface area contributed by atoms with Gasteiger partial charge in [0.2, 0.25) is 0 Å². The Morgan fingerprint density at radius 2 is 1.88 bits per heavy atom.